The molecular weight excluding hydrogens is 254 g/mol. The summed E-state index contributed by atoms with van der Waals surface area (Å²) in [5.41, 5.74) is 3.30. The summed E-state index contributed by atoms with van der Waals surface area (Å²) in [7, 11) is 0. The highest BCUT2D eigenvalue weighted by atomic mass is 16.5. The van der Waals surface area contributed by atoms with Crippen molar-refractivity contribution < 1.29 is 9.47 Å². The first-order chi connectivity index (χ1) is 9.65. The van der Waals surface area contributed by atoms with Crippen LogP contribution in [0.5, 0.6) is 12.0 Å². The van der Waals surface area contributed by atoms with Crippen molar-refractivity contribution in [2.45, 2.75) is 27.7 Å². The van der Waals surface area contributed by atoms with Crippen LogP contribution in [0.25, 0.3) is 11.4 Å². The highest BCUT2D eigenvalue weighted by Crippen LogP contribution is 2.24. The smallest absolute Gasteiger partial charge is 0.323 e. The summed E-state index contributed by atoms with van der Waals surface area (Å²) < 4.78 is 10.8. The van der Waals surface area contributed by atoms with Gasteiger partial charge in [-0.3, -0.25) is 0 Å². The average molecular weight is 273 g/mol. The Balaban J connectivity index is 2.51. The number of hydrogen-bond acceptors (Lipinski definition) is 5. The van der Waals surface area contributed by atoms with Crippen LogP contribution in [0, 0.1) is 13.8 Å². The minimum absolute atomic E-state index is 0.293. The first-order valence-electron chi connectivity index (χ1n) is 6.74. The zero-order valence-corrected chi connectivity index (χ0v) is 12.3. The highest BCUT2D eigenvalue weighted by molar-refractivity contribution is 5.62. The van der Waals surface area contributed by atoms with Crippen molar-refractivity contribution in [1.82, 2.24) is 15.0 Å². The van der Waals surface area contributed by atoms with E-state index in [4.69, 9.17) is 9.47 Å². The number of rotatable bonds is 5. The van der Waals surface area contributed by atoms with Gasteiger partial charge in [0.05, 0.1) is 13.2 Å². The summed E-state index contributed by atoms with van der Waals surface area (Å²) in [6.07, 6.45) is 0. The lowest BCUT2D eigenvalue weighted by Crippen LogP contribution is -2.05. The number of aromatic nitrogens is 3. The van der Waals surface area contributed by atoms with Crippen LogP contribution in [0.3, 0.4) is 0 Å². The Labute approximate surface area is 119 Å². The second kappa shape index (κ2) is 6.32. The fourth-order valence-corrected chi connectivity index (χ4v) is 1.84. The topological polar surface area (TPSA) is 57.1 Å². The number of hydrogen-bond donors (Lipinski definition) is 0. The Morgan fingerprint density at radius 3 is 2.05 bits per heavy atom. The lowest BCUT2D eigenvalue weighted by molar-refractivity contribution is 0.280. The Morgan fingerprint density at radius 1 is 0.900 bits per heavy atom. The SMILES string of the molecule is CCOc1nc(OCC)nc(-c2cccc(C)c2C)n1. The van der Waals surface area contributed by atoms with E-state index in [1.165, 1.54) is 5.56 Å². The molecular formula is C15H19N3O2. The molecule has 0 amide bonds. The molecule has 2 aromatic rings. The van der Waals surface area contributed by atoms with Crippen molar-refractivity contribution >= 4 is 0 Å². The van der Waals surface area contributed by atoms with Gasteiger partial charge in [0.15, 0.2) is 5.82 Å². The molecule has 0 atom stereocenters. The highest BCUT2D eigenvalue weighted by Gasteiger charge is 2.12. The fourth-order valence-electron chi connectivity index (χ4n) is 1.84. The molecule has 5 nitrogen and oxygen atoms in total. The van der Waals surface area contributed by atoms with Crippen LogP contribution in [-0.2, 0) is 0 Å². The van der Waals surface area contributed by atoms with Crippen LogP contribution in [-0.4, -0.2) is 28.2 Å². The monoisotopic (exact) mass is 273 g/mol. The second-order valence-electron chi connectivity index (χ2n) is 4.34. The van der Waals surface area contributed by atoms with E-state index >= 15 is 0 Å². The summed E-state index contributed by atoms with van der Waals surface area (Å²) in [6, 6.07) is 6.63. The van der Waals surface area contributed by atoms with E-state index in [9.17, 15) is 0 Å². The first-order valence-corrected chi connectivity index (χ1v) is 6.74. The number of benzene rings is 1. The average Bonchev–Trinajstić information content (AvgIpc) is 2.42. The van der Waals surface area contributed by atoms with Crippen molar-refractivity contribution in [2.75, 3.05) is 13.2 Å². The van der Waals surface area contributed by atoms with Gasteiger partial charge in [-0.25, -0.2) is 0 Å². The predicted molar refractivity (Wildman–Crippen MR) is 77.1 cm³/mol. The second-order valence-corrected chi connectivity index (χ2v) is 4.34. The van der Waals surface area contributed by atoms with Gasteiger partial charge in [-0.15, -0.1) is 4.98 Å². The van der Waals surface area contributed by atoms with Gasteiger partial charge in [-0.1, -0.05) is 18.2 Å². The van der Waals surface area contributed by atoms with E-state index in [0.29, 0.717) is 31.1 Å². The molecule has 0 radical (unpaired) electrons. The van der Waals surface area contributed by atoms with Gasteiger partial charge in [0.25, 0.3) is 0 Å². The molecule has 0 aliphatic rings. The predicted octanol–water partition coefficient (Wildman–Crippen LogP) is 2.95. The summed E-state index contributed by atoms with van der Waals surface area (Å²) in [6.45, 7) is 8.90. The summed E-state index contributed by atoms with van der Waals surface area (Å²) in [5.74, 6) is 0.577. The molecule has 20 heavy (non-hydrogen) atoms. The Morgan fingerprint density at radius 2 is 1.50 bits per heavy atom. The van der Waals surface area contributed by atoms with Gasteiger partial charge in [-0.2, -0.15) is 9.97 Å². The maximum atomic E-state index is 5.38. The van der Waals surface area contributed by atoms with Gasteiger partial charge in [-0.05, 0) is 38.8 Å². The van der Waals surface area contributed by atoms with Gasteiger partial charge < -0.3 is 9.47 Å². The Kier molecular flexibility index (Phi) is 4.50. The molecule has 0 fully saturated rings. The molecule has 0 aliphatic heterocycles. The zero-order chi connectivity index (χ0) is 14.5. The lowest BCUT2D eigenvalue weighted by Gasteiger charge is -2.10. The van der Waals surface area contributed by atoms with Crippen LogP contribution >= 0.6 is 0 Å². The molecule has 0 saturated heterocycles. The molecule has 0 bridgehead atoms. The van der Waals surface area contributed by atoms with Crippen molar-refractivity contribution in [1.29, 1.82) is 0 Å². The minimum atomic E-state index is 0.293. The normalized spacial score (nSPS) is 10.4. The molecule has 2 rings (SSSR count). The van der Waals surface area contributed by atoms with Crippen molar-refractivity contribution in [3.05, 3.63) is 29.3 Å². The van der Waals surface area contributed by atoms with Crippen LogP contribution in [0.15, 0.2) is 18.2 Å². The quantitative estimate of drug-likeness (QED) is 0.838. The van der Waals surface area contributed by atoms with Crippen molar-refractivity contribution in [2.24, 2.45) is 0 Å². The first kappa shape index (κ1) is 14.2. The number of ether oxygens (including phenoxy) is 2. The number of aryl methyl sites for hydroxylation is 1. The van der Waals surface area contributed by atoms with E-state index < -0.39 is 0 Å². The molecule has 0 aliphatic carbocycles. The molecule has 1 aromatic heterocycles. The maximum Gasteiger partial charge on any atom is 0.323 e. The fraction of sp³-hybridized carbons (Fsp3) is 0.400. The third kappa shape index (κ3) is 3.04. The third-order valence-corrected chi connectivity index (χ3v) is 2.99. The molecule has 0 N–H and O–H groups in total. The van der Waals surface area contributed by atoms with E-state index in [-0.39, 0.29) is 0 Å². The molecule has 106 valence electrons. The Bertz CT molecular complexity index is 575. The lowest BCUT2D eigenvalue weighted by atomic mass is 10.0. The van der Waals surface area contributed by atoms with E-state index in [0.717, 1.165) is 11.1 Å². The maximum absolute atomic E-state index is 5.38. The summed E-state index contributed by atoms with van der Waals surface area (Å²) >= 11 is 0. The number of nitrogens with zero attached hydrogens (tertiary/aromatic N) is 3. The van der Waals surface area contributed by atoms with Gasteiger partial charge in [0.1, 0.15) is 0 Å². The minimum Gasteiger partial charge on any atom is -0.464 e. The van der Waals surface area contributed by atoms with Crippen LogP contribution in [0.4, 0.5) is 0 Å². The molecule has 0 spiro atoms. The molecule has 0 saturated carbocycles. The van der Waals surface area contributed by atoms with E-state index in [2.05, 4.69) is 34.9 Å². The largest absolute Gasteiger partial charge is 0.464 e. The van der Waals surface area contributed by atoms with Gasteiger partial charge in [0, 0.05) is 5.56 Å². The van der Waals surface area contributed by atoms with Crippen molar-refractivity contribution in [3.63, 3.8) is 0 Å². The molecule has 5 heteroatoms. The summed E-state index contributed by atoms with van der Waals surface area (Å²) in [4.78, 5) is 12.8. The standard InChI is InChI=1S/C15H19N3O2/c1-5-19-14-16-13(17-15(18-14)20-6-2)12-9-7-8-10(3)11(12)4/h7-9H,5-6H2,1-4H3. The van der Waals surface area contributed by atoms with E-state index in [1.807, 2.05) is 26.0 Å². The zero-order valence-electron chi connectivity index (χ0n) is 12.3. The van der Waals surface area contributed by atoms with Crippen LogP contribution in [0.1, 0.15) is 25.0 Å². The van der Waals surface area contributed by atoms with Gasteiger partial charge in [0.2, 0.25) is 0 Å². The Hall–Kier alpha value is -2.17. The summed E-state index contributed by atoms with van der Waals surface area (Å²) in [5, 5.41) is 0. The van der Waals surface area contributed by atoms with Crippen LogP contribution in [0.2, 0.25) is 0 Å². The third-order valence-electron chi connectivity index (χ3n) is 2.99. The van der Waals surface area contributed by atoms with Crippen molar-refractivity contribution in [3.8, 4) is 23.4 Å². The van der Waals surface area contributed by atoms with Gasteiger partial charge >= 0.3 is 12.0 Å². The molecule has 1 aromatic carbocycles. The van der Waals surface area contributed by atoms with E-state index in [1.54, 1.807) is 0 Å². The molecule has 1 heterocycles. The van der Waals surface area contributed by atoms with Crippen LogP contribution < -0.4 is 9.47 Å². The molecule has 0 unspecified atom stereocenters.